The van der Waals surface area contributed by atoms with Crippen LogP contribution in [0.5, 0.6) is 0 Å². The van der Waals surface area contributed by atoms with Gasteiger partial charge in [-0.3, -0.25) is 0 Å². The summed E-state index contributed by atoms with van der Waals surface area (Å²) in [5.74, 6) is -1.87. The molecule has 4 nitrogen and oxygen atoms in total. The summed E-state index contributed by atoms with van der Waals surface area (Å²) in [6, 6.07) is 72.3. The van der Waals surface area contributed by atoms with Crippen molar-refractivity contribution in [2.45, 2.75) is 172 Å². The van der Waals surface area contributed by atoms with Crippen LogP contribution in [-0.4, -0.2) is 0 Å². The predicted octanol–water partition coefficient (Wildman–Crippen LogP) is 25.7. The second-order valence-electron chi connectivity index (χ2n) is 30.2. The van der Waals surface area contributed by atoms with Crippen LogP contribution in [0.2, 0.25) is 0 Å². The average molecular weight is 1460 g/mol. The van der Waals surface area contributed by atoms with E-state index in [1.54, 1.807) is 97.4 Å². The fourth-order valence-corrected chi connectivity index (χ4v) is 15.1. The third kappa shape index (κ3) is 18.7. The number of hydrogen-bond acceptors (Lipinski definition) is 0. The van der Waals surface area contributed by atoms with E-state index in [1.165, 1.54) is 17.3 Å². The molecule has 0 atom stereocenters. The molecule has 554 valence electrons. The SMILES string of the molecule is [2H]C([2H])([2H])c1cc(C)c(-c2cc(C([2H])([2H])C(C)(C)C)c(C([2H])([2H])[2H])c[n+]2C)cc1-c1ccccc1.[2H]C([2H])([2H])c1cc(C)c(-c2cc(C3([2H])CCCC3)c(C([2H])([2H])[2H])c[n+]2C)cc1-c1ccccc1.[2H]C([2H])([2H])c1cc(C)c(-c2cc(C3([2H])CCCCC3)c(C([2H])([2H])[2H])c[n+]2C)cc1-c1ccccc1.[2H]C([2H])([2H])c1ccccc1-c1cc[n+](C)c(-c2cc(-c3ccccc3)ccc2C)c1. The number of nitrogens with zero attached hydrogens (tertiary/aromatic N) is 4. The number of rotatable bonds is 12. The van der Waals surface area contributed by atoms with Gasteiger partial charge in [-0.25, -0.2) is 18.3 Å². The topological polar surface area (TPSA) is 15.5 Å². The Morgan fingerprint density at radius 1 is 0.303 bits per heavy atom. The van der Waals surface area contributed by atoms with Crippen LogP contribution in [-0.2, 0) is 34.6 Å². The highest BCUT2D eigenvalue weighted by Gasteiger charge is 2.28. The summed E-state index contributed by atoms with van der Waals surface area (Å²) >= 11 is 0. The molecule has 0 bridgehead atoms. The molecule has 2 saturated carbocycles. The molecule has 0 amide bonds. The maximum Gasteiger partial charge on any atom is 0.213 e. The zero-order valence-corrected chi connectivity index (χ0v) is 64.9. The fraction of sp³-hybridized carbons (Fsp3) is 0.295. The van der Waals surface area contributed by atoms with E-state index in [1.807, 2.05) is 199 Å². The lowest BCUT2D eigenvalue weighted by Gasteiger charge is -2.23. The van der Waals surface area contributed by atoms with Crippen molar-refractivity contribution in [1.82, 2.24) is 0 Å². The minimum Gasteiger partial charge on any atom is -0.201 e. The molecule has 13 aromatic rings. The van der Waals surface area contributed by atoms with Crippen molar-refractivity contribution in [3.05, 3.63) is 333 Å². The molecular weight excluding hydrogens is 1320 g/mol. The zero-order chi connectivity index (χ0) is 98.3. The number of aryl methyl sites for hydroxylation is 15. The molecule has 0 unspecified atom stereocenters. The second-order valence-corrected chi connectivity index (χ2v) is 30.2. The first-order valence-corrected chi connectivity index (χ1v) is 37.8. The Bertz CT molecular complexity index is 6410. The largest absolute Gasteiger partial charge is 0.213 e. The van der Waals surface area contributed by atoms with Crippen LogP contribution in [0.15, 0.2) is 255 Å². The Balaban J connectivity index is 0.000000161. The molecule has 0 aliphatic heterocycles. The summed E-state index contributed by atoms with van der Waals surface area (Å²) in [6.07, 6.45) is 12.0. The molecule has 15 rings (SSSR count). The molecule has 4 aromatic heterocycles. The van der Waals surface area contributed by atoms with Gasteiger partial charge >= 0.3 is 0 Å². The van der Waals surface area contributed by atoms with Gasteiger partial charge in [0.1, 0.15) is 28.2 Å². The molecule has 2 fully saturated rings. The molecule has 4 heteroatoms. The quantitative estimate of drug-likeness (QED) is 0.108. The number of pyridine rings is 4. The third-order valence-electron chi connectivity index (χ3n) is 20.9. The van der Waals surface area contributed by atoms with Gasteiger partial charge in [-0.1, -0.05) is 229 Å². The van der Waals surface area contributed by atoms with Crippen molar-refractivity contribution < 1.29 is 52.5 Å². The van der Waals surface area contributed by atoms with E-state index < -0.39 is 71.5 Å². The fourth-order valence-electron chi connectivity index (χ4n) is 15.1. The summed E-state index contributed by atoms with van der Waals surface area (Å²) in [4.78, 5) is 0. The van der Waals surface area contributed by atoms with E-state index in [0.29, 0.717) is 75.9 Å². The Morgan fingerprint density at radius 3 is 1.11 bits per heavy atom. The van der Waals surface area contributed by atoms with Crippen molar-refractivity contribution in [3.63, 3.8) is 0 Å². The average Bonchev–Trinajstić information content (AvgIpc) is 0.934. The van der Waals surface area contributed by atoms with E-state index in [-0.39, 0.29) is 38.9 Å². The number of benzene rings is 9. The zero-order valence-electron chi connectivity index (χ0n) is 89.9. The molecule has 0 N–H and O–H groups in total. The van der Waals surface area contributed by atoms with Crippen molar-refractivity contribution >= 4 is 0 Å². The lowest BCUT2D eigenvalue weighted by atomic mass is 9.82. The number of hydrogen-bond donors (Lipinski definition) is 0. The summed E-state index contributed by atoms with van der Waals surface area (Å²) in [6.45, 7) is -3.27. The van der Waals surface area contributed by atoms with Gasteiger partial charge in [-0.15, -0.1) is 0 Å². The van der Waals surface area contributed by atoms with Gasteiger partial charge < -0.3 is 0 Å². The van der Waals surface area contributed by atoms with E-state index in [2.05, 4.69) is 47.9 Å². The van der Waals surface area contributed by atoms with E-state index >= 15 is 0 Å². The lowest BCUT2D eigenvalue weighted by Crippen LogP contribution is -2.32. The maximum atomic E-state index is 9.22. The molecule has 2 aliphatic rings. The second kappa shape index (κ2) is 34.9. The smallest absolute Gasteiger partial charge is 0.201 e. The summed E-state index contributed by atoms with van der Waals surface area (Å²) < 4.78 is 213. The first-order chi connectivity index (χ1) is 62.3. The van der Waals surface area contributed by atoms with Crippen LogP contribution in [0.4, 0.5) is 0 Å². The van der Waals surface area contributed by atoms with Crippen LogP contribution in [0, 0.1) is 81.1 Å². The standard InChI is InChI=1S/C27H32N.C26H30N.C26H24N.C26H32N/c1-19-15-20(2)26(16-24(19)22-11-7-5-8-12-22)27-17-25(21(3)18-28(27)4)23-13-9-6-10-14-23;1-18-14-19(2)25(15-23(18)21-10-6-5-7-11-21)26-16-24(20(3)17-27(26)4)22-12-8-9-13-22;1-19-9-7-8-12-24(19)23-15-16-27(3)26(18-23)25-17-22(14-13-20(25)2)21-10-5-4-6-11-21;1-18-13-19(2)24(15-23(18)21-11-9-8-10-12-21)25-14-22(16-26(4,5)6)20(3)17-27(25)7/h5,7-8,11-12,15-18,23H,6,9-10,13-14H2,1-4H3;5-7,10-11,14-17,22H,8-9,12-13H2,1-4H3;4-18H,1-3H3;8-15,17H,16H2,1-7H3/q4*+1/i1D3,3D3,23D;1D3,3D3,22D;1D3;1D3,3D3,16D2. The highest BCUT2D eigenvalue weighted by molar-refractivity contribution is 5.80. The molecule has 109 heavy (non-hydrogen) atoms. The first-order valence-electron chi connectivity index (χ1n) is 50.3. The van der Waals surface area contributed by atoms with Crippen LogP contribution >= 0.6 is 0 Å². The summed E-state index contributed by atoms with van der Waals surface area (Å²) in [5.41, 5.74) is 20.3. The maximum absolute atomic E-state index is 9.22. The van der Waals surface area contributed by atoms with Crippen LogP contribution < -0.4 is 18.3 Å². The minimum absolute atomic E-state index is 0.0382. The monoisotopic (exact) mass is 1460 g/mol. The molecule has 0 spiro atoms. The highest BCUT2D eigenvalue weighted by Crippen LogP contribution is 2.41. The van der Waals surface area contributed by atoms with Crippen molar-refractivity contribution in [2.24, 2.45) is 33.6 Å². The molecule has 9 aromatic carbocycles. The Labute approximate surface area is 689 Å². The summed E-state index contributed by atoms with van der Waals surface area (Å²) in [5, 5.41) is 0. The molecule has 4 heterocycles. The van der Waals surface area contributed by atoms with Gasteiger partial charge in [0.25, 0.3) is 0 Å². The van der Waals surface area contributed by atoms with Crippen LogP contribution in [0.3, 0.4) is 0 Å². The highest BCUT2D eigenvalue weighted by atomic mass is 14.9. The van der Waals surface area contributed by atoms with Crippen molar-refractivity contribution in [1.29, 1.82) is 0 Å². The van der Waals surface area contributed by atoms with Gasteiger partial charge in [-0.05, 0) is 266 Å². The van der Waals surface area contributed by atoms with Gasteiger partial charge in [0, 0.05) is 104 Å². The summed E-state index contributed by atoms with van der Waals surface area (Å²) in [7, 11) is 7.35. The normalized spacial score (nSPS) is 18.0. The van der Waals surface area contributed by atoms with E-state index in [0.717, 1.165) is 110 Å². The van der Waals surface area contributed by atoms with Crippen molar-refractivity contribution in [3.8, 4) is 101 Å². The lowest BCUT2D eigenvalue weighted by molar-refractivity contribution is -0.661. The van der Waals surface area contributed by atoms with Crippen molar-refractivity contribution in [2.75, 3.05) is 0 Å². The molecule has 0 radical (unpaired) electrons. The van der Waals surface area contributed by atoms with E-state index in [9.17, 15) is 1.37 Å². The van der Waals surface area contributed by atoms with Crippen LogP contribution in [0.25, 0.3) is 101 Å². The Hall–Kier alpha value is -10.4. The van der Waals surface area contributed by atoms with E-state index in [4.69, 9.17) is 32.9 Å². The molecular formula is C105H118N4+4. The third-order valence-corrected chi connectivity index (χ3v) is 20.9. The molecule has 2 aliphatic carbocycles. The Kier molecular flexibility index (Phi) is 16.6. The first kappa shape index (κ1) is 51.8. The number of aromatic nitrogens is 4. The van der Waals surface area contributed by atoms with Gasteiger partial charge in [0.2, 0.25) is 22.8 Å². The van der Waals surface area contributed by atoms with Crippen LogP contribution in [0.1, 0.15) is 203 Å². The molecule has 0 saturated heterocycles. The Morgan fingerprint density at radius 2 is 0.679 bits per heavy atom. The van der Waals surface area contributed by atoms with Gasteiger partial charge in [0.05, 0.1) is 0 Å². The van der Waals surface area contributed by atoms with Gasteiger partial charge in [-0.2, -0.15) is 0 Å². The minimum atomic E-state index is -2.50. The predicted molar refractivity (Wildman–Crippen MR) is 462 cm³/mol. The van der Waals surface area contributed by atoms with Gasteiger partial charge in [0.15, 0.2) is 24.8 Å².